The third-order valence-corrected chi connectivity index (χ3v) is 4.55. The van der Waals surface area contributed by atoms with E-state index in [0.29, 0.717) is 13.0 Å². The Morgan fingerprint density at radius 1 is 1.60 bits per heavy atom. The molecule has 2 N–H and O–H groups in total. The number of fused-ring (bicyclic) bond motifs is 1. The van der Waals surface area contributed by atoms with E-state index in [2.05, 4.69) is 5.32 Å². The molecule has 0 saturated carbocycles. The van der Waals surface area contributed by atoms with Gasteiger partial charge in [0, 0.05) is 23.9 Å². The van der Waals surface area contributed by atoms with Gasteiger partial charge in [-0.15, -0.1) is 11.3 Å². The molecule has 1 amide bonds. The van der Waals surface area contributed by atoms with E-state index in [1.165, 1.54) is 4.90 Å². The number of nitrogens with one attached hydrogen (secondary N) is 1. The number of hydrogen-bond donors (Lipinski definition) is 2. The fraction of sp³-hybridized carbons (Fsp3) is 0.571. The lowest BCUT2D eigenvalue weighted by Crippen LogP contribution is -2.45. The van der Waals surface area contributed by atoms with E-state index in [4.69, 9.17) is 0 Å². The third-order valence-electron chi connectivity index (χ3n) is 3.55. The number of aliphatic carboxylic acids is 1. The van der Waals surface area contributed by atoms with Gasteiger partial charge in [0.25, 0.3) is 0 Å². The van der Waals surface area contributed by atoms with Crippen LogP contribution in [0.1, 0.15) is 36.8 Å². The van der Waals surface area contributed by atoms with Gasteiger partial charge in [-0.25, -0.2) is 4.79 Å². The minimum atomic E-state index is -0.950. The van der Waals surface area contributed by atoms with Crippen molar-refractivity contribution in [1.82, 2.24) is 10.2 Å². The fourth-order valence-electron chi connectivity index (χ4n) is 2.65. The van der Waals surface area contributed by atoms with Gasteiger partial charge in [-0.1, -0.05) is 6.92 Å². The quantitative estimate of drug-likeness (QED) is 0.867. The summed E-state index contributed by atoms with van der Waals surface area (Å²) in [4.78, 5) is 26.5. The van der Waals surface area contributed by atoms with Gasteiger partial charge in [0.05, 0.1) is 0 Å². The van der Waals surface area contributed by atoms with Crippen molar-refractivity contribution >= 4 is 23.2 Å². The Morgan fingerprint density at radius 2 is 2.35 bits per heavy atom. The number of carboxylic acid groups (broad SMARTS) is 1. The Bertz CT molecular complexity index is 500. The van der Waals surface area contributed by atoms with Crippen molar-refractivity contribution < 1.29 is 14.7 Å². The molecule has 2 heterocycles. The fourth-order valence-corrected chi connectivity index (χ4v) is 3.55. The maximum absolute atomic E-state index is 12.4. The van der Waals surface area contributed by atoms with E-state index in [1.54, 1.807) is 11.3 Å². The number of rotatable bonds is 5. The number of carboxylic acids is 1. The average Bonchev–Trinajstić information content (AvgIpc) is 2.85. The first-order valence-corrected chi connectivity index (χ1v) is 7.74. The molecule has 0 fully saturated rings. The predicted molar refractivity (Wildman–Crippen MR) is 77.9 cm³/mol. The van der Waals surface area contributed by atoms with E-state index < -0.39 is 12.0 Å². The van der Waals surface area contributed by atoms with Gasteiger partial charge in [-0.05, 0) is 36.9 Å². The summed E-state index contributed by atoms with van der Waals surface area (Å²) >= 11 is 1.57. The van der Waals surface area contributed by atoms with Gasteiger partial charge >= 0.3 is 5.97 Å². The van der Waals surface area contributed by atoms with Crippen LogP contribution in [-0.4, -0.2) is 41.0 Å². The van der Waals surface area contributed by atoms with Crippen LogP contribution in [0.25, 0.3) is 0 Å². The van der Waals surface area contributed by atoms with Crippen LogP contribution in [0.3, 0.4) is 0 Å². The highest BCUT2D eigenvalue weighted by atomic mass is 32.1. The number of amides is 1. The Balaban J connectivity index is 2.15. The second-order valence-electron chi connectivity index (χ2n) is 5.04. The summed E-state index contributed by atoms with van der Waals surface area (Å²) in [7, 11) is 0. The SMILES string of the molecule is CCNC(C)CC(=O)N1CCc2sccc2C1C(=O)O. The first kappa shape index (κ1) is 15.0. The Labute approximate surface area is 122 Å². The summed E-state index contributed by atoms with van der Waals surface area (Å²) < 4.78 is 0. The second-order valence-corrected chi connectivity index (χ2v) is 6.04. The maximum Gasteiger partial charge on any atom is 0.331 e. The Morgan fingerprint density at radius 3 is 3.00 bits per heavy atom. The van der Waals surface area contributed by atoms with E-state index >= 15 is 0 Å². The monoisotopic (exact) mass is 296 g/mol. The number of nitrogens with zero attached hydrogens (tertiary/aromatic N) is 1. The molecule has 0 bridgehead atoms. The van der Waals surface area contributed by atoms with Crippen LogP contribution in [0.15, 0.2) is 11.4 Å². The summed E-state index contributed by atoms with van der Waals surface area (Å²) in [5, 5.41) is 14.5. The van der Waals surface area contributed by atoms with E-state index in [9.17, 15) is 14.7 Å². The Kier molecular flexibility index (Phi) is 4.77. The highest BCUT2D eigenvalue weighted by Gasteiger charge is 2.36. The van der Waals surface area contributed by atoms with Crippen LogP contribution in [-0.2, 0) is 16.0 Å². The molecular weight excluding hydrogens is 276 g/mol. The number of carbonyl (C=O) groups is 2. The zero-order valence-electron chi connectivity index (χ0n) is 11.8. The molecule has 1 aromatic rings. The van der Waals surface area contributed by atoms with Crippen LogP contribution < -0.4 is 5.32 Å². The first-order chi connectivity index (χ1) is 9.54. The molecule has 110 valence electrons. The molecule has 2 unspecified atom stereocenters. The highest BCUT2D eigenvalue weighted by Crippen LogP contribution is 2.33. The summed E-state index contributed by atoms with van der Waals surface area (Å²) in [5.41, 5.74) is 0.776. The lowest BCUT2D eigenvalue weighted by atomic mass is 9.99. The van der Waals surface area contributed by atoms with Gasteiger partial charge < -0.3 is 15.3 Å². The molecule has 6 heteroatoms. The molecule has 0 saturated heterocycles. The van der Waals surface area contributed by atoms with Crippen molar-refractivity contribution in [3.63, 3.8) is 0 Å². The van der Waals surface area contributed by atoms with Crippen molar-refractivity contribution in [2.45, 2.75) is 38.8 Å². The van der Waals surface area contributed by atoms with Crippen molar-refractivity contribution in [3.05, 3.63) is 21.9 Å². The summed E-state index contributed by atoms with van der Waals surface area (Å²) in [5.74, 6) is -1.04. The summed E-state index contributed by atoms with van der Waals surface area (Å²) in [6.45, 7) is 5.21. The van der Waals surface area contributed by atoms with Crippen LogP contribution in [0, 0.1) is 0 Å². The highest BCUT2D eigenvalue weighted by molar-refractivity contribution is 7.10. The second kappa shape index (κ2) is 6.37. The van der Waals surface area contributed by atoms with E-state index in [1.807, 2.05) is 25.3 Å². The average molecular weight is 296 g/mol. The predicted octanol–water partition coefficient (Wildman–Crippen LogP) is 1.65. The topological polar surface area (TPSA) is 69.6 Å². The van der Waals surface area contributed by atoms with Crippen LogP contribution >= 0.6 is 11.3 Å². The van der Waals surface area contributed by atoms with Crippen LogP contribution in [0.2, 0.25) is 0 Å². The molecule has 2 atom stereocenters. The molecule has 0 radical (unpaired) electrons. The molecule has 2 rings (SSSR count). The van der Waals surface area contributed by atoms with Gasteiger partial charge in [0.15, 0.2) is 6.04 Å². The number of thiophene rings is 1. The standard InChI is InChI=1S/C14H20N2O3S/c1-3-15-9(2)8-12(17)16-6-4-11-10(5-7-20-11)13(16)14(18)19/h5,7,9,13,15H,3-4,6,8H2,1-2H3,(H,18,19). The van der Waals surface area contributed by atoms with Gasteiger partial charge in [0.1, 0.15) is 0 Å². The molecule has 1 aliphatic rings. The van der Waals surface area contributed by atoms with E-state index in [0.717, 1.165) is 23.4 Å². The normalized spacial score (nSPS) is 19.5. The summed E-state index contributed by atoms with van der Waals surface area (Å²) in [6, 6.07) is 1.06. The van der Waals surface area contributed by atoms with Crippen molar-refractivity contribution in [3.8, 4) is 0 Å². The molecule has 1 aliphatic heterocycles. The third kappa shape index (κ3) is 3.02. The zero-order valence-corrected chi connectivity index (χ0v) is 12.6. The molecule has 0 spiro atoms. The molecule has 1 aromatic heterocycles. The van der Waals surface area contributed by atoms with Crippen molar-refractivity contribution in [1.29, 1.82) is 0 Å². The molecule has 5 nitrogen and oxygen atoms in total. The molecule has 20 heavy (non-hydrogen) atoms. The smallest absolute Gasteiger partial charge is 0.331 e. The molecular formula is C14H20N2O3S. The van der Waals surface area contributed by atoms with Gasteiger partial charge in [-0.2, -0.15) is 0 Å². The van der Waals surface area contributed by atoms with Crippen LogP contribution in [0.5, 0.6) is 0 Å². The Hall–Kier alpha value is -1.40. The lowest BCUT2D eigenvalue weighted by Gasteiger charge is -2.34. The first-order valence-electron chi connectivity index (χ1n) is 6.86. The van der Waals surface area contributed by atoms with Crippen molar-refractivity contribution in [2.75, 3.05) is 13.1 Å². The van der Waals surface area contributed by atoms with Crippen molar-refractivity contribution in [2.24, 2.45) is 0 Å². The lowest BCUT2D eigenvalue weighted by molar-refractivity contribution is -0.151. The minimum Gasteiger partial charge on any atom is -0.479 e. The van der Waals surface area contributed by atoms with Crippen LogP contribution in [0.4, 0.5) is 0 Å². The minimum absolute atomic E-state index is 0.0609. The number of carbonyl (C=O) groups excluding carboxylic acids is 1. The number of hydrogen-bond acceptors (Lipinski definition) is 4. The maximum atomic E-state index is 12.4. The van der Waals surface area contributed by atoms with E-state index in [-0.39, 0.29) is 11.9 Å². The van der Waals surface area contributed by atoms with Gasteiger partial charge in [-0.3, -0.25) is 4.79 Å². The summed E-state index contributed by atoms with van der Waals surface area (Å²) in [6.07, 6.45) is 1.08. The molecule has 0 aliphatic carbocycles. The van der Waals surface area contributed by atoms with Gasteiger partial charge in [0.2, 0.25) is 5.91 Å². The largest absolute Gasteiger partial charge is 0.479 e. The zero-order chi connectivity index (χ0) is 14.7. The molecule has 0 aromatic carbocycles.